The van der Waals surface area contributed by atoms with Crippen LogP contribution in [-0.2, 0) is 0 Å². The van der Waals surface area contributed by atoms with Crippen LogP contribution in [0, 0.1) is 15.9 Å². The second kappa shape index (κ2) is 5.55. The Morgan fingerprint density at radius 1 is 1.30 bits per heavy atom. The molecule has 0 bridgehead atoms. The van der Waals surface area contributed by atoms with Gasteiger partial charge in [-0.3, -0.25) is 10.1 Å². The molecule has 3 aromatic rings. The molecule has 0 spiro atoms. The molecule has 0 saturated heterocycles. The van der Waals surface area contributed by atoms with E-state index in [-0.39, 0.29) is 5.75 Å². The molecule has 0 atom stereocenters. The highest BCUT2D eigenvalue weighted by Gasteiger charge is 2.28. The van der Waals surface area contributed by atoms with Crippen LogP contribution in [0.15, 0.2) is 36.8 Å². The predicted molar refractivity (Wildman–Crippen MR) is 71.1 cm³/mol. The van der Waals surface area contributed by atoms with Crippen LogP contribution in [0.1, 0.15) is 12.0 Å². The van der Waals surface area contributed by atoms with Crippen molar-refractivity contribution in [3.05, 3.63) is 58.3 Å². The van der Waals surface area contributed by atoms with Gasteiger partial charge in [0.25, 0.3) is 6.43 Å². The largest absolute Gasteiger partial charge is 0.457 e. The van der Waals surface area contributed by atoms with Gasteiger partial charge in [0.05, 0.1) is 4.92 Å². The van der Waals surface area contributed by atoms with Gasteiger partial charge in [0.1, 0.15) is 23.4 Å². The number of benzene rings is 1. The molecular formula is C13H7F3N4O3. The standard InChI is InChI=1S/C13H7F3N4O3/c14-12-8(20(21)22)1-2-9(11(12)13(15)16)23-7-3-4-19-10(5-7)17-6-18-19/h1-6,13H. The van der Waals surface area contributed by atoms with E-state index in [1.807, 2.05) is 0 Å². The highest BCUT2D eigenvalue weighted by Crippen LogP contribution is 2.38. The van der Waals surface area contributed by atoms with Crippen LogP contribution in [0.25, 0.3) is 5.65 Å². The van der Waals surface area contributed by atoms with Gasteiger partial charge in [0.2, 0.25) is 5.82 Å². The lowest BCUT2D eigenvalue weighted by molar-refractivity contribution is -0.387. The van der Waals surface area contributed by atoms with Gasteiger partial charge in [-0.1, -0.05) is 0 Å². The minimum atomic E-state index is -3.28. The van der Waals surface area contributed by atoms with Crippen molar-refractivity contribution >= 4 is 11.3 Å². The summed E-state index contributed by atoms with van der Waals surface area (Å²) in [5.74, 6) is -2.02. The van der Waals surface area contributed by atoms with E-state index >= 15 is 0 Å². The van der Waals surface area contributed by atoms with Gasteiger partial charge in [-0.25, -0.2) is 18.3 Å². The summed E-state index contributed by atoms with van der Waals surface area (Å²) in [5.41, 5.74) is -1.82. The summed E-state index contributed by atoms with van der Waals surface area (Å²) in [4.78, 5) is 13.5. The van der Waals surface area contributed by atoms with Crippen molar-refractivity contribution in [3.63, 3.8) is 0 Å². The van der Waals surface area contributed by atoms with Crippen LogP contribution < -0.4 is 4.74 Å². The average molecular weight is 324 g/mol. The van der Waals surface area contributed by atoms with Crippen molar-refractivity contribution in [1.29, 1.82) is 0 Å². The van der Waals surface area contributed by atoms with E-state index in [1.54, 1.807) is 0 Å². The fraction of sp³-hybridized carbons (Fsp3) is 0.0769. The number of hydrogen-bond acceptors (Lipinski definition) is 5. The first-order chi connectivity index (χ1) is 11.0. The van der Waals surface area contributed by atoms with Crippen molar-refractivity contribution in [1.82, 2.24) is 14.6 Å². The Balaban J connectivity index is 2.04. The molecular weight excluding hydrogens is 317 g/mol. The van der Waals surface area contributed by atoms with Gasteiger partial charge in [-0.05, 0) is 12.1 Å². The number of halogens is 3. The Morgan fingerprint density at radius 2 is 2.09 bits per heavy atom. The summed E-state index contributed by atoms with van der Waals surface area (Å²) in [6.07, 6.45) is -0.516. The van der Waals surface area contributed by atoms with E-state index < -0.39 is 34.2 Å². The Labute approximate surface area is 126 Å². The molecule has 0 amide bonds. The Morgan fingerprint density at radius 3 is 2.78 bits per heavy atom. The van der Waals surface area contributed by atoms with E-state index in [9.17, 15) is 23.3 Å². The number of ether oxygens (including phenoxy) is 1. The van der Waals surface area contributed by atoms with Crippen LogP contribution in [0.5, 0.6) is 11.5 Å². The molecule has 1 aromatic carbocycles. The van der Waals surface area contributed by atoms with Crippen LogP contribution in [0.2, 0.25) is 0 Å². The Bertz CT molecular complexity index is 897. The number of aromatic nitrogens is 3. The molecule has 0 aliphatic carbocycles. The van der Waals surface area contributed by atoms with Crippen LogP contribution in [0.3, 0.4) is 0 Å². The molecule has 0 fully saturated rings. The fourth-order valence-electron chi connectivity index (χ4n) is 1.98. The summed E-state index contributed by atoms with van der Waals surface area (Å²) in [7, 11) is 0. The first-order valence-electron chi connectivity index (χ1n) is 6.19. The summed E-state index contributed by atoms with van der Waals surface area (Å²) >= 11 is 0. The van der Waals surface area contributed by atoms with Gasteiger partial charge in [0, 0.05) is 18.3 Å². The first-order valence-corrected chi connectivity index (χ1v) is 6.19. The number of fused-ring (bicyclic) bond motifs is 1. The molecule has 0 aliphatic rings. The number of nitro groups is 1. The SMILES string of the molecule is O=[N+]([O-])c1ccc(Oc2ccn3ncnc3c2)c(C(F)F)c1F. The van der Waals surface area contributed by atoms with Crippen LogP contribution in [0.4, 0.5) is 18.9 Å². The lowest BCUT2D eigenvalue weighted by Gasteiger charge is -2.11. The third-order valence-electron chi connectivity index (χ3n) is 3.01. The first kappa shape index (κ1) is 14.8. The van der Waals surface area contributed by atoms with Crippen molar-refractivity contribution < 1.29 is 22.8 Å². The van der Waals surface area contributed by atoms with Crippen LogP contribution in [-0.4, -0.2) is 19.5 Å². The van der Waals surface area contributed by atoms with Gasteiger partial charge < -0.3 is 4.74 Å². The summed E-state index contributed by atoms with van der Waals surface area (Å²) < 4.78 is 46.7. The lowest BCUT2D eigenvalue weighted by atomic mass is 10.1. The summed E-state index contributed by atoms with van der Waals surface area (Å²) in [6, 6.07) is 4.51. The predicted octanol–water partition coefficient (Wildman–Crippen LogP) is 3.51. The molecule has 7 nitrogen and oxygen atoms in total. The van der Waals surface area contributed by atoms with Crippen molar-refractivity contribution in [2.75, 3.05) is 0 Å². The Hall–Kier alpha value is -3.17. The number of pyridine rings is 1. The highest BCUT2D eigenvalue weighted by atomic mass is 19.3. The highest BCUT2D eigenvalue weighted by molar-refractivity contribution is 5.49. The third-order valence-corrected chi connectivity index (χ3v) is 3.01. The van der Waals surface area contributed by atoms with Crippen LogP contribution >= 0.6 is 0 Å². The van der Waals surface area contributed by atoms with Gasteiger partial charge in [-0.2, -0.15) is 9.49 Å². The van der Waals surface area contributed by atoms with Gasteiger partial charge in [0.15, 0.2) is 5.65 Å². The van der Waals surface area contributed by atoms with Crippen molar-refractivity contribution in [3.8, 4) is 11.5 Å². The Kier molecular flexibility index (Phi) is 3.56. The third kappa shape index (κ3) is 2.65. The quantitative estimate of drug-likeness (QED) is 0.542. The van der Waals surface area contributed by atoms with E-state index in [4.69, 9.17) is 4.74 Å². The second-order valence-electron chi connectivity index (χ2n) is 4.40. The molecule has 0 aliphatic heterocycles. The van der Waals surface area contributed by atoms with E-state index in [0.717, 1.165) is 12.1 Å². The second-order valence-corrected chi connectivity index (χ2v) is 4.40. The smallest absolute Gasteiger partial charge is 0.305 e. The number of alkyl halides is 2. The maximum Gasteiger partial charge on any atom is 0.305 e. The fourth-order valence-corrected chi connectivity index (χ4v) is 1.98. The minimum absolute atomic E-state index is 0.112. The number of hydrogen-bond donors (Lipinski definition) is 0. The van der Waals surface area contributed by atoms with E-state index in [0.29, 0.717) is 5.65 Å². The molecule has 0 radical (unpaired) electrons. The molecule has 0 N–H and O–H groups in total. The molecule has 3 rings (SSSR count). The summed E-state index contributed by atoms with van der Waals surface area (Å²) in [6.45, 7) is 0. The van der Waals surface area contributed by atoms with E-state index in [1.165, 1.54) is 29.2 Å². The van der Waals surface area contributed by atoms with Crippen molar-refractivity contribution in [2.24, 2.45) is 0 Å². The molecule has 0 saturated carbocycles. The molecule has 2 heterocycles. The molecule has 2 aromatic heterocycles. The van der Waals surface area contributed by atoms with Crippen molar-refractivity contribution in [2.45, 2.75) is 6.43 Å². The number of rotatable bonds is 4. The average Bonchev–Trinajstić information content (AvgIpc) is 2.94. The molecule has 10 heteroatoms. The lowest BCUT2D eigenvalue weighted by Crippen LogP contribution is -2.01. The topological polar surface area (TPSA) is 82.6 Å². The maximum absolute atomic E-state index is 13.9. The minimum Gasteiger partial charge on any atom is -0.457 e. The maximum atomic E-state index is 13.9. The molecule has 0 unspecified atom stereocenters. The zero-order valence-corrected chi connectivity index (χ0v) is 11.2. The molecule has 118 valence electrons. The van der Waals surface area contributed by atoms with E-state index in [2.05, 4.69) is 10.1 Å². The zero-order valence-electron chi connectivity index (χ0n) is 11.2. The normalized spacial score (nSPS) is 11.1. The zero-order chi connectivity index (χ0) is 16.6. The monoisotopic (exact) mass is 324 g/mol. The number of nitrogens with zero attached hydrogens (tertiary/aromatic N) is 4. The number of nitro benzene ring substituents is 1. The van der Waals surface area contributed by atoms with Gasteiger partial charge >= 0.3 is 5.69 Å². The van der Waals surface area contributed by atoms with Gasteiger partial charge in [-0.15, -0.1) is 0 Å². The summed E-state index contributed by atoms with van der Waals surface area (Å²) in [5, 5.41) is 14.5. The molecule has 23 heavy (non-hydrogen) atoms.